The molecule has 5 nitrogen and oxygen atoms in total. The Morgan fingerprint density at radius 3 is 2.64 bits per heavy atom. The van der Waals surface area contributed by atoms with Crippen LogP contribution in [0.1, 0.15) is 40.0 Å². The van der Waals surface area contributed by atoms with Crippen molar-refractivity contribution in [2.75, 3.05) is 11.4 Å². The number of aromatic nitrogens is 1. The molecule has 0 spiro atoms. The predicted molar refractivity (Wildman–Crippen MR) is 92.1 cm³/mol. The number of carbonyl (C=O) groups is 1. The molecule has 1 aliphatic carbocycles. The van der Waals surface area contributed by atoms with Gasteiger partial charge >= 0.3 is 0 Å². The van der Waals surface area contributed by atoms with Crippen LogP contribution in [0.3, 0.4) is 0 Å². The zero-order chi connectivity index (χ0) is 18.1. The predicted octanol–water partition coefficient (Wildman–Crippen LogP) is 3.06. The average Bonchev–Trinajstić information content (AvgIpc) is 3.40. The molecule has 6 heteroatoms. The Morgan fingerprint density at radius 1 is 1.32 bits per heavy atom. The van der Waals surface area contributed by atoms with E-state index in [9.17, 15) is 14.0 Å². The third-order valence-corrected chi connectivity index (χ3v) is 4.42. The lowest BCUT2D eigenvalue weighted by molar-refractivity contribution is 0.0980. The quantitative estimate of drug-likeness (QED) is 0.930. The molecule has 0 radical (unpaired) electrons. The van der Waals surface area contributed by atoms with E-state index in [-0.39, 0.29) is 17.1 Å². The van der Waals surface area contributed by atoms with Crippen LogP contribution in [-0.2, 0) is 0 Å². The number of amides is 1. The molecular weight excluding hydrogens is 321 g/mol. The molecule has 25 heavy (non-hydrogen) atoms. The van der Waals surface area contributed by atoms with E-state index in [1.54, 1.807) is 32.0 Å². The first kappa shape index (κ1) is 16.9. The van der Waals surface area contributed by atoms with Gasteiger partial charge in [0.25, 0.3) is 11.5 Å². The van der Waals surface area contributed by atoms with Crippen molar-refractivity contribution in [2.24, 2.45) is 5.92 Å². The molecule has 1 fully saturated rings. The summed E-state index contributed by atoms with van der Waals surface area (Å²) in [7, 11) is 0. The van der Waals surface area contributed by atoms with E-state index < -0.39 is 11.5 Å². The molecule has 1 saturated carbocycles. The first-order valence-corrected chi connectivity index (χ1v) is 8.12. The largest absolute Gasteiger partial charge is 0.316 e. The topological polar surface area (TPSA) is 77.0 Å². The second-order valence-electron chi connectivity index (χ2n) is 6.47. The summed E-state index contributed by atoms with van der Waals surface area (Å²) in [5.74, 6) is -0.385. The van der Waals surface area contributed by atoms with Gasteiger partial charge in [-0.05, 0) is 61.9 Å². The number of benzene rings is 1. The molecule has 1 aromatic carbocycles. The van der Waals surface area contributed by atoms with E-state index in [0.29, 0.717) is 29.3 Å². The maximum Gasteiger partial charge on any atom is 0.275 e. The Morgan fingerprint density at radius 2 is 2.04 bits per heavy atom. The number of hydrogen-bond donors (Lipinski definition) is 1. The zero-order valence-corrected chi connectivity index (χ0v) is 14.1. The fourth-order valence-corrected chi connectivity index (χ4v) is 2.69. The Labute approximate surface area is 144 Å². The Hall–Kier alpha value is -2.94. The highest BCUT2D eigenvalue weighted by Gasteiger charge is 2.29. The fraction of sp³-hybridized carbons (Fsp3) is 0.316. The summed E-state index contributed by atoms with van der Waals surface area (Å²) in [5, 5.41) is 8.94. The monoisotopic (exact) mass is 339 g/mol. The van der Waals surface area contributed by atoms with Gasteiger partial charge in [-0.1, -0.05) is 6.07 Å². The summed E-state index contributed by atoms with van der Waals surface area (Å²) in [6, 6.07) is 7.88. The number of carbonyl (C=O) groups excluding carboxylic acids is 1. The Kier molecular flexibility index (Phi) is 4.41. The van der Waals surface area contributed by atoms with E-state index in [1.165, 1.54) is 17.0 Å². The molecule has 0 saturated heterocycles. The van der Waals surface area contributed by atoms with Crippen LogP contribution in [0.25, 0.3) is 0 Å². The maximum atomic E-state index is 14.0. The zero-order valence-electron chi connectivity index (χ0n) is 14.1. The van der Waals surface area contributed by atoms with E-state index >= 15 is 0 Å². The van der Waals surface area contributed by atoms with Crippen LogP contribution in [0, 0.1) is 36.9 Å². The van der Waals surface area contributed by atoms with Gasteiger partial charge in [-0.3, -0.25) is 9.59 Å². The lowest BCUT2D eigenvalue weighted by atomic mass is 10.1. The van der Waals surface area contributed by atoms with Crippen molar-refractivity contribution in [1.29, 1.82) is 5.26 Å². The molecule has 1 aromatic heterocycles. The highest BCUT2D eigenvalue weighted by Crippen LogP contribution is 2.32. The van der Waals surface area contributed by atoms with Crippen molar-refractivity contribution < 1.29 is 9.18 Å². The lowest BCUT2D eigenvalue weighted by Gasteiger charge is -2.24. The van der Waals surface area contributed by atoms with E-state index in [2.05, 4.69) is 4.98 Å². The highest BCUT2D eigenvalue weighted by molar-refractivity contribution is 6.05. The fourth-order valence-electron chi connectivity index (χ4n) is 2.69. The SMILES string of the molecule is Cc1ccc(N(CC2CC2)C(=O)c2[nH]c(=O)c(C#N)cc2C)cc1F. The average molecular weight is 339 g/mol. The summed E-state index contributed by atoms with van der Waals surface area (Å²) < 4.78 is 14.0. The molecule has 1 heterocycles. The number of pyridine rings is 1. The minimum absolute atomic E-state index is 0.0378. The van der Waals surface area contributed by atoms with Crippen molar-refractivity contribution >= 4 is 11.6 Å². The number of anilines is 1. The third-order valence-electron chi connectivity index (χ3n) is 4.42. The first-order valence-electron chi connectivity index (χ1n) is 8.12. The van der Waals surface area contributed by atoms with Crippen molar-refractivity contribution in [1.82, 2.24) is 4.98 Å². The van der Waals surface area contributed by atoms with Crippen LogP contribution in [-0.4, -0.2) is 17.4 Å². The highest BCUT2D eigenvalue weighted by atomic mass is 19.1. The number of nitriles is 1. The second-order valence-corrected chi connectivity index (χ2v) is 6.47. The minimum Gasteiger partial charge on any atom is -0.316 e. The van der Waals surface area contributed by atoms with Gasteiger partial charge in [0, 0.05) is 12.2 Å². The van der Waals surface area contributed by atoms with Crippen molar-refractivity contribution in [3.63, 3.8) is 0 Å². The number of nitrogens with zero attached hydrogens (tertiary/aromatic N) is 2. The van der Waals surface area contributed by atoms with Gasteiger partial charge in [0.05, 0.1) is 0 Å². The molecule has 128 valence electrons. The standard InChI is InChI=1S/C19H18FN3O2/c1-11-3-6-15(8-16(11)20)23(10-13-4-5-13)19(25)17-12(2)7-14(9-21)18(24)22-17/h3,6-8,13H,4-5,10H2,1-2H3,(H,22,24). The molecule has 0 unspecified atom stereocenters. The number of aromatic amines is 1. The van der Waals surface area contributed by atoms with Gasteiger partial charge in [-0.15, -0.1) is 0 Å². The van der Waals surface area contributed by atoms with Gasteiger partial charge in [0.15, 0.2) is 0 Å². The molecule has 1 N–H and O–H groups in total. The van der Waals surface area contributed by atoms with Crippen LogP contribution in [0.4, 0.5) is 10.1 Å². The van der Waals surface area contributed by atoms with Gasteiger partial charge in [-0.2, -0.15) is 5.26 Å². The summed E-state index contributed by atoms with van der Waals surface area (Å²) in [5.41, 5.74) is 0.970. The summed E-state index contributed by atoms with van der Waals surface area (Å²) in [6.45, 7) is 3.80. The van der Waals surface area contributed by atoms with E-state index in [0.717, 1.165) is 12.8 Å². The van der Waals surface area contributed by atoms with Crippen LogP contribution >= 0.6 is 0 Å². The number of aryl methyl sites for hydroxylation is 2. The Bertz CT molecular complexity index is 939. The van der Waals surface area contributed by atoms with Gasteiger partial charge in [0.1, 0.15) is 23.1 Å². The van der Waals surface area contributed by atoms with Crippen LogP contribution in [0.5, 0.6) is 0 Å². The molecule has 0 aliphatic heterocycles. The molecule has 3 rings (SSSR count). The third kappa shape index (κ3) is 3.45. The number of halogens is 1. The van der Waals surface area contributed by atoms with E-state index in [1.807, 2.05) is 0 Å². The smallest absolute Gasteiger partial charge is 0.275 e. The van der Waals surface area contributed by atoms with Crippen molar-refractivity contribution in [3.8, 4) is 6.07 Å². The number of nitrogens with one attached hydrogen (secondary N) is 1. The Balaban J connectivity index is 2.03. The van der Waals surface area contributed by atoms with Crippen molar-refractivity contribution in [3.05, 3.63) is 62.8 Å². The van der Waals surface area contributed by atoms with Crippen LogP contribution in [0.15, 0.2) is 29.1 Å². The normalized spacial score (nSPS) is 13.4. The molecule has 2 aromatic rings. The summed E-state index contributed by atoms with van der Waals surface area (Å²) in [6.07, 6.45) is 2.06. The first-order chi connectivity index (χ1) is 11.9. The second kappa shape index (κ2) is 6.52. The van der Waals surface area contributed by atoms with E-state index in [4.69, 9.17) is 5.26 Å². The molecule has 0 bridgehead atoms. The number of hydrogen-bond acceptors (Lipinski definition) is 3. The maximum absolute atomic E-state index is 14.0. The number of rotatable bonds is 4. The van der Waals surface area contributed by atoms with Crippen molar-refractivity contribution in [2.45, 2.75) is 26.7 Å². The molecule has 1 aliphatic rings. The molecule has 0 atom stereocenters. The minimum atomic E-state index is -0.599. The molecular formula is C19H18FN3O2. The molecule has 1 amide bonds. The lowest BCUT2D eigenvalue weighted by Crippen LogP contribution is -2.35. The van der Waals surface area contributed by atoms with Gasteiger partial charge in [0.2, 0.25) is 0 Å². The van der Waals surface area contributed by atoms with Gasteiger partial charge < -0.3 is 9.88 Å². The van der Waals surface area contributed by atoms with Crippen LogP contribution in [0.2, 0.25) is 0 Å². The van der Waals surface area contributed by atoms with Crippen LogP contribution < -0.4 is 10.5 Å². The number of H-pyrrole nitrogens is 1. The summed E-state index contributed by atoms with van der Waals surface area (Å²) >= 11 is 0. The van der Waals surface area contributed by atoms with Gasteiger partial charge in [-0.25, -0.2) is 4.39 Å². The summed E-state index contributed by atoms with van der Waals surface area (Å²) in [4.78, 5) is 28.9.